The van der Waals surface area contributed by atoms with Crippen LogP contribution in [-0.4, -0.2) is 31.2 Å². The van der Waals surface area contributed by atoms with E-state index in [2.05, 4.69) is 12.2 Å². The first-order chi connectivity index (χ1) is 7.19. The van der Waals surface area contributed by atoms with Crippen molar-refractivity contribution >= 4 is 5.97 Å². The Balaban J connectivity index is 2.68. The molecule has 1 aromatic heterocycles. The highest BCUT2D eigenvalue weighted by molar-refractivity contribution is 5.87. The molecule has 0 radical (unpaired) electrons. The summed E-state index contributed by atoms with van der Waals surface area (Å²) in [5.74, 6) is 0.197. The zero-order chi connectivity index (χ0) is 11.3. The number of carbonyl (C=O) groups excluding carboxylic acids is 1. The number of nitrogens with one attached hydrogen (secondary N) is 1. The highest BCUT2D eigenvalue weighted by Crippen LogP contribution is 2.07. The Labute approximate surface area is 90.2 Å². The maximum Gasteiger partial charge on any atom is 0.354 e. The predicted molar refractivity (Wildman–Crippen MR) is 58.9 cm³/mol. The highest BCUT2D eigenvalue weighted by Gasteiger charge is 2.12. The minimum absolute atomic E-state index is 0.281. The summed E-state index contributed by atoms with van der Waals surface area (Å²) in [7, 11) is 3.32. The molecule has 15 heavy (non-hydrogen) atoms. The van der Waals surface area contributed by atoms with Gasteiger partial charge in [-0.3, -0.25) is 0 Å². The van der Waals surface area contributed by atoms with E-state index in [1.165, 1.54) is 7.11 Å². The highest BCUT2D eigenvalue weighted by atomic mass is 16.5. The van der Waals surface area contributed by atoms with Gasteiger partial charge in [0.1, 0.15) is 5.69 Å². The van der Waals surface area contributed by atoms with Gasteiger partial charge in [-0.05, 0) is 31.6 Å². The van der Waals surface area contributed by atoms with Crippen LogP contribution in [0.25, 0.3) is 0 Å². The molecule has 0 aromatic carbocycles. The van der Waals surface area contributed by atoms with Gasteiger partial charge >= 0.3 is 5.97 Å². The molecule has 0 saturated heterocycles. The van der Waals surface area contributed by atoms with Crippen molar-refractivity contribution in [3.8, 4) is 0 Å². The van der Waals surface area contributed by atoms with E-state index in [1.54, 1.807) is 6.07 Å². The summed E-state index contributed by atoms with van der Waals surface area (Å²) < 4.78 is 6.63. The molecule has 1 N–H and O–H groups in total. The van der Waals surface area contributed by atoms with Crippen molar-refractivity contribution in [1.82, 2.24) is 9.88 Å². The number of nitrogens with zero attached hydrogens (tertiary/aromatic N) is 1. The first-order valence-electron chi connectivity index (χ1n) is 5.07. The van der Waals surface area contributed by atoms with E-state index in [9.17, 15) is 4.79 Å². The monoisotopic (exact) mass is 210 g/mol. The second kappa shape index (κ2) is 5.56. The molecule has 1 aromatic rings. The Bertz CT molecular complexity index is 320. The molecule has 84 valence electrons. The standard InChI is InChI=1S/C11H18N2O2/c1-9(7-12-2)8-13-6-4-5-10(13)11(14)15-3/h4-6,9,12H,7-8H2,1-3H3. The van der Waals surface area contributed by atoms with Crippen LogP contribution in [0.1, 0.15) is 17.4 Å². The molecular weight excluding hydrogens is 192 g/mol. The maximum atomic E-state index is 11.4. The van der Waals surface area contributed by atoms with Crippen LogP contribution in [0, 0.1) is 5.92 Å². The van der Waals surface area contributed by atoms with Gasteiger partial charge in [0, 0.05) is 12.7 Å². The SMILES string of the molecule is CNCC(C)Cn1cccc1C(=O)OC. The van der Waals surface area contributed by atoms with Crippen molar-refractivity contribution in [2.24, 2.45) is 5.92 Å². The van der Waals surface area contributed by atoms with E-state index < -0.39 is 0 Å². The predicted octanol–water partition coefficient (Wildman–Crippen LogP) is 1.13. The number of rotatable bonds is 5. The summed E-state index contributed by atoms with van der Waals surface area (Å²) in [4.78, 5) is 11.4. The largest absolute Gasteiger partial charge is 0.464 e. The summed E-state index contributed by atoms with van der Waals surface area (Å²) >= 11 is 0. The van der Waals surface area contributed by atoms with Crippen molar-refractivity contribution in [2.75, 3.05) is 20.7 Å². The molecule has 0 bridgehead atoms. The molecule has 4 nitrogen and oxygen atoms in total. The Kier molecular flexibility index (Phi) is 4.37. The van der Waals surface area contributed by atoms with Crippen molar-refractivity contribution in [3.63, 3.8) is 0 Å². The lowest BCUT2D eigenvalue weighted by Crippen LogP contribution is -2.22. The second-order valence-corrected chi connectivity index (χ2v) is 3.70. The van der Waals surface area contributed by atoms with Gasteiger partial charge in [-0.1, -0.05) is 6.92 Å². The summed E-state index contributed by atoms with van der Waals surface area (Å²) in [5, 5.41) is 3.11. The molecule has 1 atom stereocenters. The Hall–Kier alpha value is -1.29. The lowest BCUT2D eigenvalue weighted by atomic mass is 10.2. The molecule has 0 amide bonds. The topological polar surface area (TPSA) is 43.3 Å². The van der Waals surface area contributed by atoms with E-state index in [4.69, 9.17) is 4.74 Å². The number of esters is 1. The summed E-state index contributed by atoms with van der Waals surface area (Å²) in [5.41, 5.74) is 0.612. The average molecular weight is 210 g/mol. The number of methoxy groups -OCH3 is 1. The van der Waals surface area contributed by atoms with Crippen LogP contribution < -0.4 is 5.32 Å². The molecule has 0 saturated carbocycles. The molecule has 4 heteroatoms. The van der Waals surface area contributed by atoms with Crippen molar-refractivity contribution in [1.29, 1.82) is 0 Å². The molecular formula is C11H18N2O2. The Morgan fingerprint density at radius 1 is 1.67 bits per heavy atom. The van der Waals surface area contributed by atoms with Crippen LogP contribution >= 0.6 is 0 Å². The second-order valence-electron chi connectivity index (χ2n) is 3.70. The molecule has 0 aliphatic heterocycles. The number of ether oxygens (including phenoxy) is 1. The van der Waals surface area contributed by atoms with E-state index in [0.717, 1.165) is 13.1 Å². The normalized spacial score (nSPS) is 12.5. The van der Waals surface area contributed by atoms with Gasteiger partial charge in [0.15, 0.2) is 0 Å². The quantitative estimate of drug-likeness (QED) is 0.741. The number of hydrogen-bond acceptors (Lipinski definition) is 3. The third-order valence-electron chi connectivity index (χ3n) is 2.29. The van der Waals surface area contributed by atoms with Crippen LogP contribution in [0.3, 0.4) is 0 Å². The van der Waals surface area contributed by atoms with Crippen molar-refractivity contribution in [2.45, 2.75) is 13.5 Å². The maximum absolute atomic E-state index is 11.4. The summed E-state index contributed by atoms with van der Waals surface area (Å²) in [6.07, 6.45) is 1.90. The van der Waals surface area contributed by atoms with Gasteiger partial charge in [-0.2, -0.15) is 0 Å². The zero-order valence-electron chi connectivity index (χ0n) is 9.49. The first kappa shape index (κ1) is 11.8. The lowest BCUT2D eigenvalue weighted by molar-refractivity contribution is 0.0587. The van der Waals surface area contributed by atoms with E-state index in [0.29, 0.717) is 11.6 Å². The number of hydrogen-bond donors (Lipinski definition) is 1. The molecule has 1 unspecified atom stereocenters. The number of carbonyl (C=O) groups is 1. The molecule has 1 rings (SSSR count). The number of aromatic nitrogens is 1. The fourth-order valence-corrected chi connectivity index (χ4v) is 1.61. The molecule has 1 heterocycles. The van der Waals surface area contributed by atoms with E-state index in [1.807, 2.05) is 23.9 Å². The first-order valence-corrected chi connectivity index (χ1v) is 5.07. The summed E-state index contributed by atoms with van der Waals surface area (Å²) in [6.45, 7) is 3.88. The smallest absolute Gasteiger partial charge is 0.354 e. The van der Waals surface area contributed by atoms with Gasteiger partial charge in [0.25, 0.3) is 0 Å². The van der Waals surface area contributed by atoms with Crippen LogP contribution in [-0.2, 0) is 11.3 Å². The molecule has 0 aliphatic carbocycles. The van der Waals surface area contributed by atoms with Crippen LogP contribution in [0.2, 0.25) is 0 Å². The Morgan fingerprint density at radius 3 is 3.00 bits per heavy atom. The minimum atomic E-state index is -0.281. The fourth-order valence-electron chi connectivity index (χ4n) is 1.61. The molecule has 0 aliphatic rings. The molecule has 0 fully saturated rings. The van der Waals surface area contributed by atoms with Gasteiger partial charge in [-0.25, -0.2) is 4.79 Å². The van der Waals surface area contributed by atoms with Gasteiger partial charge in [-0.15, -0.1) is 0 Å². The van der Waals surface area contributed by atoms with Gasteiger partial charge < -0.3 is 14.6 Å². The third kappa shape index (κ3) is 3.09. The Morgan fingerprint density at radius 2 is 2.40 bits per heavy atom. The van der Waals surface area contributed by atoms with Gasteiger partial charge in [0.2, 0.25) is 0 Å². The van der Waals surface area contributed by atoms with Crippen molar-refractivity contribution in [3.05, 3.63) is 24.0 Å². The summed E-state index contributed by atoms with van der Waals surface area (Å²) in [6, 6.07) is 3.64. The third-order valence-corrected chi connectivity index (χ3v) is 2.29. The van der Waals surface area contributed by atoms with E-state index >= 15 is 0 Å². The zero-order valence-corrected chi connectivity index (χ0v) is 9.49. The average Bonchev–Trinajstić information content (AvgIpc) is 2.65. The van der Waals surface area contributed by atoms with Crippen LogP contribution in [0.15, 0.2) is 18.3 Å². The van der Waals surface area contributed by atoms with E-state index in [-0.39, 0.29) is 5.97 Å². The van der Waals surface area contributed by atoms with Crippen LogP contribution in [0.5, 0.6) is 0 Å². The molecule has 0 spiro atoms. The van der Waals surface area contributed by atoms with Gasteiger partial charge in [0.05, 0.1) is 7.11 Å². The van der Waals surface area contributed by atoms with Crippen LogP contribution in [0.4, 0.5) is 0 Å². The van der Waals surface area contributed by atoms with Crippen molar-refractivity contribution < 1.29 is 9.53 Å². The minimum Gasteiger partial charge on any atom is -0.464 e. The fraction of sp³-hybridized carbons (Fsp3) is 0.545. The lowest BCUT2D eigenvalue weighted by Gasteiger charge is -2.13.